The van der Waals surface area contributed by atoms with Gasteiger partial charge >= 0.3 is 0 Å². The normalized spacial score (nSPS) is 11.8. The van der Waals surface area contributed by atoms with E-state index in [9.17, 15) is 0 Å². The monoisotopic (exact) mass is 229 g/mol. The Kier molecular flexibility index (Phi) is 3.03. The van der Waals surface area contributed by atoms with Gasteiger partial charge in [-0.25, -0.2) is 4.98 Å². The number of nitrogens with one attached hydrogen (secondary N) is 2. The number of nitrogens with zero attached hydrogens (tertiary/aromatic N) is 1. The Morgan fingerprint density at radius 3 is 2.59 bits per heavy atom. The summed E-state index contributed by atoms with van der Waals surface area (Å²) in [5.41, 5.74) is 3.39. The van der Waals surface area contributed by atoms with E-state index in [0.29, 0.717) is 0 Å². The van der Waals surface area contributed by atoms with Crippen molar-refractivity contribution < 1.29 is 0 Å². The van der Waals surface area contributed by atoms with Crippen molar-refractivity contribution >= 4 is 0 Å². The molecule has 0 spiro atoms. The molecular weight excluding hydrogens is 210 g/mol. The summed E-state index contributed by atoms with van der Waals surface area (Å²) in [7, 11) is 1.94. The summed E-state index contributed by atoms with van der Waals surface area (Å²) in [6.45, 7) is 6.32. The molecule has 17 heavy (non-hydrogen) atoms. The van der Waals surface area contributed by atoms with Gasteiger partial charge < -0.3 is 10.3 Å². The molecule has 1 heterocycles. The van der Waals surface area contributed by atoms with E-state index in [1.165, 1.54) is 11.1 Å². The van der Waals surface area contributed by atoms with Crippen LogP contribution in [-0.2, 0) is 5.54 Å². The third kappa shape index (κ3) is 2.24. The summed E-state index contributed by atoms with van der Waals surface area (Å²) >= 11 is 0. The van der Waals surface area contributed by atoms with Gasteiger partial charge in [0.2, 0.25) is 0 Å². The maximum atomic E-state index is 4.46. The van der Waals surface area contributed by atoms with Gasteiger partial charge in [0.25, 0.3) is 0 Å². The number of aryl methyl sites for hydroxylation is 1. The van der Waals surface area contributed by atoms with Gasteiger partial charge in [-0.15, -0.1) is 0 Å². The lowest BCUT2D eigenvalue weighted by Crippen LogP contribution is -2.34. The van der Waals surface area contributed by atoms with E-state index in [4.69, 9.17) is 0 Å². The van der Waals surface area contributed by atoms with E-state index >= 15 is 0 Å². The second-order valence-electron chi connectivity index (χ2n) is 4.84. The molecular formula is C14H19N3. The minimum atomic E-state index is -0.138. The largest absolute Gasteiger partial charge is 0.340 e. The topological polar surface area (TPSA) is 40.7 Å². The molecule has 3 heteroatoms. The minimum absolute atomic E-state index is 0.138. The number of hydrogen-bond donors (Lipinski definition) is 2. The first kappa shape index (κ1) is 11.9. The van der Waals surface area contributed by atoms with Gasteiger partial charge in [0.15, 0.2) is 0 Å². The van der Waals surface area contributed by atoms with Gasteiger partial charge in [0.1, 0.15) is 5.82 Å². The van der Waals surface area contributed by atoms with Crippen LogP contribution in [0.2, 0.25) is 0 Å². The smallest absolute Gasteiger partial charge is 0.126 e. The quantitative estimate of drug-likeness (QED) is 0.849. The molecule has 0 amide bonds. The van der Waals surface area contributed by atoms with Gasteiger partial charge in [-0.1, -0.05) is 24.3 Å². The number of aromatic amines is 1. The van der Waals surface area contributed by atoms with Crippen molar-refractivity contribution in [1.82, 2.24) is 15.3 Å². The Balaban J connectivity index is 2.40. The Labute approximate surface area is 102 Å². The average molecular weight is 229 g/mol. The standard InChI is InChI=1S/C14H19N3/c1-10-7-5-6-8-11(10)12-9-16-13(17-12)14(2,3)15-4/h5-9,15H,1-4H3,(H,16,17). The number of rotatable bonds is 3. The van der Waals surface area contributed by atoms with Crippen LogP contribution in [0.1, 0.15) is 25.2 Å². The SMILES string of the molecule is CNC(C)(C)c1ncc(-c2ccccc2C)[nH]1. The second kappa shape index (κ2) is 4.34. The molecule has 0 aliphatic heterocycles. The van der Waals surface area contributed by atoms with Crippen LogP contribution in [0.25, 0.3) is 11.3 Å². The van der Waals surface area contributed by atoms with Crippen LogP contribution in [0, 0.1) is 6.92 Å². The van der Waals surface area contributed by atoms with Crippen LogP contribution in [0.5, 0.6) is 0 Å². The highest BCUT2D eigenvalue weighted by atomic mass is 15.0. The maximum Gasteiger partial charge on any atom is 0.126 e. The van der Waals surface area contributed by atoms with Crippen LogP contribution in [0.3, 0.4) is 0 Å². The molecule has 0 saturated heterocycles. The Morgan fingerprint density at radius 1 is 1.24 bits per heavy atom. The zero-order chi connectivity index (χ0) is 12.5. The maximum absolute atomic E-state index is 4.46. The molecule has 90 valence electrons. The highest BCUT2D eigenvalue weighted by molar-refractivity contribution is 5.62. The lowest BCUT2D eigenvalue weighted by Gasteiger charge is -2.20. The van der Waals surface area contributed by atoms with E-state index in [1.54, 1.807) is 0 Å². The molecule has 0 aliphatic carbocycles. The summed E-state index contributed by atoms with van der Waals surface area (Å²) in [5.74, 6) is 0.957. The summed E-state index contributed by atoms with van der Waals surface area (Å²) in [6.07, 6.45) is 1.90. The van der Waals surface area contributed by atoms with Crippen LogP contribution >= 0.6 is 0 Å². The predicted octanol–water partition coefficient (Wildman–Crippen LogP) is 2.84. The molecule has 0 unspecified atom stereocenters. The van der Waals surface area contributed by atoms with Crippen molar-refractivity contribution in [2.24, 2.45) is 0 Å². The lowest BCUT2D eigenvalue weighted by molar-refractivity contribution is 0.421. The first-order valence-electron chi connectivity index (χ1n) is 5.85. The van der Waals surface area contributed by atoms with Crippen molar-refractivity contribution in [3.05, 3.63) is 41.9 Å². The van der Waals surface area contributed by atoms with E-state index < -0.39 is 0 Å². The lowest BCUT2D eigenvalue weighted by atomic mass is 10.1. The zero-order valence-corrected chi connectivity index (χ0v) is 10.8. The summed E-state index contributed by atoms with van der Waals surface area (Å²) < 4.78 is 0. The molecule has 2 aromatic rings. The molecule has 0 atom stereocenters. The molecule has 1 aromatic heterocycles. The fraction of sp³-hybridized carbons (Fsp3) is 0.357. The van der Waals surface area contributed by atoms with Gasteiger partial charge in [0, 0.05) is 5.56 Å². The van der Waals surface area contributed by atoms with E-state index in [2.05, 4.69) is 48.2 Å². The minimum Gasteiger partial charge on any atom is -0.340 e. The van der Waals surface area contributed by atoms with Gasteiger partial charge in [-0.3, -0.25) is 0 Å². The van der Waals surface area contributed by atoms with Crippen LogP contribution in [0.4, 0.5) is 0 Å². The Hall–Kier alpha value is -1.61. The number of benzene rings is 1. The molecule has 3 nitrogen and oxygen atoms in total. The molecule has 1 aromatic carbocycles. The molecule has 0 fully saturated rings. The van der Waals surface area contributed by atoms with Crippen LogP contribution in [-0.4, -0.2) is 17.0 Å². The summed E-state index contributed by atoms with van der Waals surface area (Å²) in [6, 6.07) is 8.32. The fourth-order valence-corrected chi connectivity index (χ4v) is 1.77. The number of H-pyrrole nitrogens is 1. The molecule has 0 aliphatic rings. The van der Waals surface area contributed by atoms with E-state index in [-0.39, 0.29) is 5.54 Å². The third-order valence-electron chi connectivity index (χ3n) is 3.23. The molecule has 0 bridgehead atoms. The van der Waals surface area contributed by atoms with E-state index in [1.807, 2.05) is 25.4 Å². The van der Waals surface area contributed by atoms with Crippen molar-refractivity contribution in [3.8, 4) is 11.3 Å². The van der Waals surface area contributed by atoms with Crippen molar-refractivity contribution in [1.29, 1.82) is 0 Å². The van der Waals surface area contributed by atoms with Crippen molar-refractivity contribution in [3.63, 3.8) is 0 Å². The van der Waals surface area contributed by atoms with Crippen LogP contribution < -0.4 is 5.32 Å². The van der Waals surface area contributed by atoms with Gasteiger partial charge in [0.05, 0.1) is 17.4 Å². The molecule has 0 radical (unpaired) electrons. The molecule has 2 rings (SSSR count). The first-order valence-corrected chi connectivity index (χ1v) is 5.85. The van der Waals surface area contributed by atoms with Crippen molar-refractivity contribution in [2.45, 2.75) is 26.3 Å². The van der Waals surface area contributed by atoms with Crippen molar-refractivity contribution in [2.75, 3.05) is 7.05 Å². The van der Waals surface area contributed by atoms with E-state index in [0.717, 1.165) is 11.5 Å². The Bertz CT molecular complexity index is 512. The van der Waals surface area contributed by atoms with Crippen LogP contribution in [0.15, 0.2) is 30.5 Å². The number of aromatic nitrogens is 2. The average Bonchev–Trinajstić information content (AvgIpc) is 2.79. The summed E-state index contributed by atoms with van der Waals surface area (Å²) in [5, 5.41) is 3.24. The predicted molar refractivity (Wildman–Crippen MR) is 70.8 cm³/mol. The highest BCUT2D eigenvalue weighted by Crippen LogP contribution is 2.24. The van der Waals surface area contributed by atoms with Gasteiger partial charge in [-0.05, 0) is 33.4 Å². The van der Waals surface area contributed by atoms with Gasteiger partial charge in [-0.2, -0.15) is 0 Å². The third-order valence-corrected chi connectivity index (χ3v) is 3.23. The number of imidazole rings is 1. The summed E-state index contributed by atoms with van der Waals surface area (Å²) in [4.78, 5) is 7.85. The number of hydrogen-bond acceptors (Lipinski definition) is 2. The fourth-order valence-electron chi connectivity index (χ4n) is 1.77. The highest BCUT2D eigenvalue weighted by Gasteiger charge is 2.21. The molecule has 2 N–H and O–H groups in total. The Morgan fingerprint density at radius 2 is 1.94 bits per heavy atom. The first-order chi connectivity index (χ1) is 8.04. The molecule has 0 saturated carbocycles. The zero-order valence-electron chi connectivity index (χ0n) is 10.8. The second-order valence-corrected chi connectivity index (χ2v) is 4.84.